The zero-order valence-corrected chi connectivity index (χ0v) is 10.7. The molecular weight excluding hydrogens is 182 g/mol. The summed E-state index contributed by atoms with van der Waals surface area (Å²) in [6.07, 6.45) is 4.48. The Labute approximate surface area is 94.1 Å². The number of hydrogen-bond donors (Lipinski definition) is 1. The molecule has 15 heavy (non-hydrogen) atoms. The Balaban J connectivity index is 4.87. The third-order valence-corrected chi connectivity index (χ3v) is 2.79. The molecule has 0 aromatic rings. The third-order valence-electron chi connectivity index (χ3n) is 2.79. The minimum Gasteiger partial charge on any atom is -0.305 e. The molecule has 0 radical (unpaired) electrons. The van der Waals surface area contributed by atoms with Gasteiger partial charge in [0.25, 0.3) is 0 Å². The van der Waals surface area contributed by atoms with E-state index in [0.29, 0.717) is 5.71 Å². The first kappa shape index (κ1) is 13.9. The van der Waals surface area contributed by atoms with E-state index in [1.807, 2.05) is 20.8 Å². The van der Waals surface area contributed by atoms with Crippen LogP contribution in [0.25, 0.3) is 0 Å². The molecule has 0 unspecified atom stereocenters. The first-order valence-corrected chi connectivity index (χ1v) is 5.51. The molecule has 1 heteroatoms. The van der Waals surface area contributed by atoms with Crippen molar-refractivity contribution >= 4 is 5.71 Å². The second kappa shape index (κ2) is 6.39. The molecule has 1 N–H and O–H groups in total. The van der Waals surface area contributed by atoms with Crippen molar-refractivity contribution in [2.45, 2.75) is 47.5 Å². The zero-order chi connectivity index (χ0) is 12.0. The molecule has 1 nitrogen and oxygen atoms in total. The van der Waals surface area contributed by atoms with Gasteiger partial charge in [0.1, 0.15) is 0 Å². The van der Waals surface area contributed by atoms with E-state index >= 15 is 0 Å². The highest BCUT2D eigenvalue weighted by Crippen LogP contribution is 2.21. The summed E-state index contributed by atoms with van der Waals surface area (Å²) in [7, 11) is 0. The fraction of sp³-hybridized carbons (Fsp3) is 0.500. The van der Waals surface area contributed by atoms with E-state index in [4.69, 9.17) is 5.41 Å². The zero-order valence-electron chi connectivity index (χ0n) is 10.7. The smallest absolute Gasteiger partial charge is 0.0314 e. The van der Waals surface area contributed by atoms with Crippen LogP contribution >= 0.6 is 0 Å². The predicted octanol–water partition coefficient (Wildman–Crippen LogP) is 4.67. The molecule has 0 saturated carbocycles. The van der Waals surface area contributed by atoms with Gasteiger partial charge in [0.05, 0.1) is 0 Å². The normalized spacial score (nSPS) is 13.5. The SMILES string of the molecule is C=C(/C(C)=C(/C)C(C)=N)/C(C)=C/CCC. The van der Waals surface area contributed by atoms with Crippen LogP contribution in [-0.2, 0) is 0 Å². The van der Waals surface area contributed by atoms with Crippen LogP contribution in [0.2, 0.25) is 0 Å². The monoisotopic (exact) mass is 205 g/mol. The van der Waals surface area contributed by atoms with E-state index in [1.54, 1.807) is 0 Å². The number of nitrogens with one attached hydrogen (secondary N) is 1. The lowest BCUT2D eigenvalue weighted by atomic mass is 9.95. The quantitative estimate of drug-likeness (QED) is 0.498. The van der Waals surface area contributed by atoms with Gasteiger partial charge in [0.15, 0.2) is 0 Å². The van der Waals surface area contributed by atoms with Gasteiger partial charge in [0.2, 0.25) is 0 Å². The van der Waals surface area contributed by atoms with Gasteiger partial charge in [-0.25, -0.2) is 0 Å². The molecule has 0 bridgehead atoms. The van der Waals surface area contributed by atoms with Crippen molar-refractivity contribution in [1.29, 1.82) is 5.41 Å². The van der Waals surface area contributed by atoms with Crippen molar-refractivity contribution in [3.63, 3.8) is 0 Å². The molecule has 0 atom stereocenters. The van der Waals surface area contributed by atoms with Gasteiger partial charge < -0.3 is 5.41 Å². The van der Waals surface area contributed by atoms with Crippen molar-refractivity contribution in [3.8, 4) is 0 Å². The van der Waals surface area contributed by atoms with Crippen molar-refractivity contribution < 1.29 is 0 Å². The molecule has 0 saturated heterocycles. The Morgan fingerprint density at radius 2 is 1.67 bits per heavy atom. The van der Waals surface area contributed by atoms with Gasteiger partial charge >= 0.3 is 0 Å². The minimum absolute atomic E-state index is 0.622. The summed E-state index contributed by atoms with van der Waals surface area (Å²) in [5, 5.41) is 7.58. The lowest BCUT2D eigenvalue weighted by molar-refractivity contribution is 0.950. The van der Waals surface area contributed by atoms with E-state index in [0.717, 1.165) is 29.6 Å². The Bertz CT molecular complexity index is 316. The van der Waals surface area contributed by atoms with Crippen LogP contribution in [0, 0.1) is 5.41 Å². The molecule has 0 aliphatic rings. The molecule has 84 valence electrons. The van der Waals surface area contributed by atoms with Gasteiger partial charge in [-0.15, -0.1) is 0 Å². The standard InChI is InChI=1S/C14H23N/c1-7-8-9-10(2)11(3)12(4)13(5)14(6)15/h9,15H,3,7-8H2,1-2,4-6H3/b10-9+,13-12-,15-14?. The Morgan fingerprint density at radius 3 is 2.07 bits per heavy atom. The van der Waals surface area contributed by atoms with Crippen LogP contribution < -0.4 is 0 Å². The van der Waals surface area contributed by atoms with Crippen LogP contribution in [0.3, 0.4) is 0 Å². The van der Waals surface area contributed by atoms with Crippen molar-refractivity contribution in [1.82, 2.24) is 0 Å². The molecule has 0 fully saturated rings. The number of hydrogen-bond acceptors (Lipinski definition) is 1. The lowest BCUT2D eigenvalue weighted by Crippen LogP contribution is -1.97. The van der Waals surface area contributed by atoms with Gasteiger partial charge in [-0.2, -0.15) is 0 Å². The summed E-state index contributed by atoms with van der Waals surface area (Å²) >= 11 is 0. The van der Waals surface area contributed by atoms with Crippen molar-refractivity contribution in [3.05, 3.63) is 34.9 Å². The van der Waals surface area contributed by atoms with Crippen LogP contribution in [0.5, 0.6) is 0 Å². The van der Waals surface area contributed by atoms with E-state index in [2.05, 4.69) is 26.5 Å². The molecule has 0 rings (SSSR count). The highest BCUT2D eigenvalue weighted by atomic mass is 14.4. The summed E-state index contributed by atoms with van der Waals surface area (Å²) in [6.45, 7) is 14.2. The van der Waals surface area contributed by atoms with Crippen molar-refractivity contribution in [2.24, 2.45) is 0 Å². The summed E-state index contributed by atoms with van der Waals surface area (Å²) in [5.74, 6) is 0. The molecule has 0 amide bonds. The number of allylic oxidation sites excluding steroid dienone is 5. The second-order valence-electron chi connectivity index (χ2n) is 4.03. The minimum atomic E-state index is 0.622. The number of rotatable bonds is 5. The fourth-order valence-electron chi connectivity index (χ4n) is 1.29. The van der Waals surface area contributed by atoms with Crippen LogP contribution in [0.15, 0.2) is 34.9 Å². The van der Waals surface area contributed by atoms with Gasteiger partial charge in [-0.05, 0) is 56.4 Å². The predicted molar refractivity (Wildman–Crippen MR) is 69.6 cm³/mol. The van der Waals surface area contributed by atoms with Crippen LogP contribution in [0.1, 0.15) is 47.5 Å². The van der Waals surface area contributed by atoms with Gasteiger partial charge in [0, 0.05) is 5.71 Å². The molecule has 0 heterocycles. The summed E-state index contributed by atoms with van der Waals surface area (Å²) in [5.41, 5.74) is 5.08. The summed E-state index contributed by atoms with van der Waals surface area (Å²) in [4.78, 5) is 0. The third kappa shape index (κ3) is 4.28. The van der Waals surface area contributed by atoms with Gasteiger partial charge in [-0.3, -0.25) is 0 Å². The fourth-order valence-corrected chi connectivity index (χ4v) is 1.29. The molecule has 0 aliphatic heterocycles. The number of unbranched alkanes of at least 4 members (excludes halogenated alkanes) is 1. The Morgan fingerprint density at radius 1 is 1.13 bits per heavy atom. The summed E-state index contributed by atoms with van der Waals surface area (Å²) < 4.78 is 0. The highest BCUT2D eigenvalue weighted by Gasteiger charge is 2.04. The maximum atomic E-state index is 7.58. The molecule has 0 aromatic carbocycles. The van der Waals surface area contributed by atoms with E-state index in [-0.39, 0.29) is 0 Å². The maximum Gasteiger partial charge on any atom is 0.0314 e. The topological polar surface area (TPSA) is 23.9 Å². The molecular formula is C14H23N. The van der Waals surface area contributed by atoms with Crippen LogP contribution in [0.4, 0.5) is 0 Å². The average Bonchev–Trinajstić information content (AvgIpc) is 2.22. The van der Waals surface area contributed by atoms with Crippen LogP contribution in [-0.4, -0.2) is 5.71 Å². The largest absolute Gasteiger partial charge is 0.305 e. The Kier molecular flexibility index (Phi) is 5.92. The second-order valence-corrected chi connectivity index (χ2v) is 4.03. The maximum absolute atomic E-state index is 7.58. The van der Waals surface area contributed by atoms with E-state index < -0.39 is 0 Å². The van der Waals surface area contributed by atoms with E-state index in [1.165, 1.54) is 5.57 Å². The summed E-state index contributed by atoms with van der Waals surface area (Å²) in [6, 6.07) is 0. The molecule has 0 spiro atoms. The first-order chi connectivity index (χ1) is 6.91. The van der Waals surface area contributed by atoms with E-state index in [9.17, 15) is 0 Å². The van der Waals surface area contributed by atoms with Gasteiger partial charge in [-0.1, -0.05) is 26.0 Å². The first-order valence-electron chi connectivity index (χ1n) is 5.51. The Hall–Kier alpha value is -1.11. The van der Waals surface area contributed by atoms with Crippen molar-refractivity contribution in [2.75, 3.05) is 0 Å². The average molecular weight is 205 g/mol. The highest BCUT2D eigenvalue weighted by molar-refractivity contribution is 5.96. The molecule has 0 aromatic heterocycles. The molecule has 0 aliphatic carbocycles. The lowest BCUT2D eigenvalue weighted by Gasteiger charge is -2.10.